The molecule has 0 bridgehead atoms. The quantitative estimate of drug-likeness (QED) is 0.505. The molecule has 0 aromatic heterocycles. The first kappa shape index (κ1) is 20.2. The van der Waals surface area contributed by atoms with Gasteiger partial charge in [0.1, 0.15) is 5.82 Å². The van der Waals surface area contributed by atoms with E-state index in [2.05, 4.69) is 50.1 Å². The van der Waals surface area contributed by atoms with Crippen LogP contribution in [0.3, 0.4) is 0 Å². The zero-order valence-corrected chi connectivity index (χ0v) is 17.2. The summed E-state index contributed by atoms with van der Waals surface area (Å²) in [6, 6.07) is 15.1. The van der Waals surface area contributed by atoms with Crippen molar-refractivity contribution in [3.05, 3.63) is 65.5 Å². The molecule has 0 radical (unpaired) electrons. The van der Waals surface area contributed by atoms with Crippen molar-refractivity contribution in [2.45, 2.75) is 24.8 Å². The highest BCUT2D eigenvalue weighted by Gasteiger charge is 2.44. The summed E-state index contributed by atoms with van der Waals surface area (Å²) in [7, 11) is 1.75. The molecule has 1 aliphatic heterocycles. The number of benzene rings is 2. The molecular weight excluding hydrogens is 381 g/mol. The van der Waals surface area contributed by atoms with Gasteiger partial charge < -0.3 is 20.9 Å². The molecule has 1 saturated heterocycles. The number of amides is 1. The van der Waals surface area contributed by atoms with Crippen LogP contribution in [0.1, 0.15) is 24.0 Å². The lowest BCUT2D eigenvalue weighted by molar-refractivity contribution is -0.120. The third-order valence-electron chi connectivity index (χ3n) is 5.91. The van der Waals surface area contributed by atoms with Gasteiger partial charge in [-0.2, -0.15) is 0 Å². The highest BCUT2D eigenvalue weighted by molar-refractivity contribution is 5.82. The molecule has 3 N–H and O–H groups in total. The molecule has 0 unspecified atom stereocenters. The monoisotopic (exact) mass is 409 g/mol. The highest BCUT2D eigenvalue weighted by atomic mass is 19.1. The van der Waals surface area contributed by atoms with E-state index >= 15 is 0 Å². The summed E-state index contributed by atoms with van der Waals surface area (Å²) >= 11 is 0. The molecule has 30 heavy (non-hydrogen) atoms. The Morgan fingerprint density at radius 3 is 2.67 bits per heavy atom. The van der Waals surface area contributed by atoms with Crippen molar-refractivity contribution in [3.8, 4) is 0 Å². The van der Waals surface area contributed by atoms with E-state index < -0.39 is 0 Å². The maximum atomic E-state index is 13.6. The van der Waals surface area contributed by atoms with E-state index in [1.54, 1.807) is 19.2 Å². The second-order valence-electron chi connectivity index (χ2n) is 8.01. The van der Waals surface area contributed by atoms with Gasteiger partial charge in [0.2, 0.25) is 5.91 Å². The molecule has 1 amide bonds. The van der Waals surface area contributed by atoms with Crippen molar-refractivity contribution >= 4 is 17.6 Å². The third-order valence-corrected chi connectivity index (χ3v) is 5.91. The van der Waals surface area contributed by atoms with Crippen LogP contribution >= 0.6 is 0 Å². The fourth-order valence-electron chi connectivity index (χ4n) is 3.88. The summed E-state index contributed by atoms with van der Waals surface area (Å²) in [4.78, 5) is 18.0. The number of carbonyl (C=O) groups excluding carboxylic acids is 1. The number of nitrogens with zero attached hydrogens (tertiary/aromatic N) is 2. The Hall–Kier alpha value is -3.09. The average molecular weight is 410 g/mol. The zero-order chi connectivity index (χ0) is 21.0. The van der Waals surface area contributed by atoms with Crippen LogP contribution in [0.5, 0.6) is 0 Å². The van der Waals surface area contributed by atoms with Crippen LogP contribution in [0.2, 0.25) is 0 Å². The molecule has 2 aliphatic rings. The average Bonchev–Trinajstić information content (AvgIpc) is 3.55. The summed E-state index contributed by atoms with van der Waals surface area (Å²) in [5, 5.41) is 9.58. The van der Waals surface area contributed by atoms with Crippen molar-refractivity contribution in [2.24, 2.45) is 4.99 Å². The van der Waals surface area contributed by atoms with Crippen LogP contribution in [0.25, 0.3) is 0 Å². The SMILES string of the molecule is CN=C(NCc1ccc(N2CCNC(=O)C2)cc1)NCC1(c2cccc(F)c2)CC1. The first-order valence-corrected chi connectivity index (χ1v) is 10.4. The van der Waals surface area contributed by atoms with Gasteiger partial charge in [0.15, 0.2) is 5.96 Å². The summed E-state index contributed by atoms with van der Waals surface area (Å²) in [5.74, 6) is 0.609. The molecule has 4 rings (SSSR count). The highest BCUT2D eigenvalue weighted by Crippen LogP contribution is 2.47. The number of piperazine rings is 1. The molecule has 1 saturated carbocycles. The van der Waals surface area contributed by atoms with Crippen molar-refractivity contribution in [3.63, 3.8) is 0 Å². The van der Waals surface area contributed by atoms with Crippen LogP contribution in [0, 0.1) is 5.82 Å². The minimum atomic E-state index is -0.185. The molecule has 158 valence electrons. The summed E-state index contributed by atoms with van der Waals surface area (Å²) in [6.45, 7) is 3.29. The van der Waals surface area contributed by atoms with Crippen LogP contribution in [-0.2, 0) is 16.8 Å². The van der Waals surface area contributed by atoms with Gasteiger partial charge in [-0.15, -0.1) is 0 Å². The van der Waals surface area contributed by atoms with E-state index in [-0.39, 0.29) is 17.1 Å². The summed E-state index contributed by atoms with van der Waals surface area (Å²) < 4.78 is 13.6. The number of hydrogen-bond donors (Lipinski definition) is 3. The number of guanidine groups is 1. The topological polar surface area (TPSA) is 68.8 Å². The lowest BCUT2D eigenvalue weighted by atomic mass is 9.96. The fraction of sp³-hybridized carbons (Fsp3) is 0.391. The minimum absolute atomic E-state index is 0.00209. The molecule has 7 heteroatoms. The second-order valence-corrected chi connectivity index (χ2v) is 8.01. The number of aliphatic imine (C=N–C) groups is 1. The van der Waals surface area contributed by atoms with E-state index in [0.717, 1.165) is 48.7 Å². The Balaban J connectivity index is 1.29. The van der Waals surface area contributed by atoms with Crippen molar-refractivity contribution in [1.82, 2.24) is 16.0 Å². The number of anilines is 1. The number of rotatable bonds is 6. The first-order chi connectivity index (χ1) is 14.6. The van der Waals surface area contributed by atoms with Crippen LogP contribution in [0.4, 0.5) is 10.1 Å². The Morgan fingerprint density at radius 2 is 2.00 bits per heavy atom. The largest absolute Gasteiger partial charge is 0.360 e. The van der Waals surface area contributed by atoms with Gasteiger partial charge in [0.25, 0.3) is 0 Å². The molecule has 1 aliphatic carbocycles. The van der Waals surface area contributed by atoms with Crippen LogP contribution < -0.4 is 20.9 Å². The van der Waals surface area contributed by atoms with Gasteiger partial charge in [-0.25, -0.2) is 4.39 Å². The van der Waals surface area contributed by atoms with Crippen molar-refractivity contribution in [1.29, 1.82) is 0 Å². The zero-order valence-electron chi connectivity index (χ0n) is 17.2. The lowest BCUT2D eigenvalue weighted by Crippen LogP contribution is -2.47. The Labute approximate surface area is 176 Å². The predicted octanol–water partition coefficient (Wildman–Crippen LogP) is 2.16. The van der Waals surface area contributed by atoms with Gasteiger partial charge in [-0.1, -0.05) is 24.3 Å². The summed E-state index contributed by atoms with van der Waals surface area (Å²) in [6.07, 6.45) is 2.10. The van der Waals surface area contributed by atoms with Gasteiger partial charge in [-0.05, 0) is 48.2 Å². The number of hydrogen-bond acceptors (Lipinski definition) is 3. The second kappa shape index (κ2) is 8.73. The maximum absolute atomic E-state index is 13.6. The number of nitrogens with one attached hydrogen (secondary N) is 3. The van der Waals surface area contributed by atoms with Gasteiger partial charge in [0.05, 0.1) is 6.54 Å². The van der Waals surface area contributed by atoms with E-state index in [1.807, 2.05) is 6.07 Å². The molecule has 2 aromatic carbocycles. The van der Waals surface area contributed by atoms with Crippen LogP contribution in [0.15, 0.2) is 53.5 Å². The van der Waals surface area contributed by atoms with E-state index in [4.69, 9.17) is 0 Å². The van der Waals surface area contributed by atoms with E-state index in [9.17, 15) is 9.18 Å². The summed E-state index contributed by atoms with van der Waals surface area (Å²) in [5.41, 5.74) is 3.24. The molecule has 6 nitrogen and oxygen atoms in total. The Morgan fingerprint density at radius 1 is 1.20 bits per heavy atom. The van der Waals surface area contributed by atoms with E-state index in [1.165, 1.54) is 6.07 Å². The van der Waals surface area contributed by atoms with Crippen molar-refractivity contribution < 1.29 is 9.18 Å². The molecule has 0 atom stereocenters. The number of halogens is 1. The van der Waals surface area contributed by atoms with Gasteiger partial charge in [0, 0.05) is 44.3 Å². The third kappa shape index (κ3) is 4.72. The maximum Gasteiger partial charge on any atom is 0.239 e. The molecule has 0 spiro atoms. The standard InChI is InChI=1S/C23H28FN5O/c1-25-22(28-16-23(9-10-23)18-3-2-4-19(24)13-18)27-14-17-5-7-20(8-6-17)29-12-11-26-21(30)15-29/h2-8,13H,9-12,14-16H2,1H3,(H,26,30)(H2,25,27,28). The molecule has 2 fully saturated rings. The molecular formula is C23H28FN5O. The molecule has 1 heterocycles. The lowest BCUT2D eigenvalue weighted by Gasteiger charge is -2.28. The Bertz CT molecular complexity index is 923. The fourth-order valence-corrected chi connectivity index (χ4v) is 3.88. The normalized spacial score (nSPS) is 18.0. The van der Waals surface area contributed by atoms with E-state index in [0.29, 0.717) is 19.6 Å². The van der Waals surface area contributed by atoms with Crippen molar-refractivity contribution in [2.75, 3.05) is 38.1 Å². The predicted molar refractivity (Wildman–Crippen MR) is 117 cm³/mol. The van der Waals surface area contributed by atoms with Gasteiger partial charge in [-0.3, -0.25) is 9.79 Å². The minimum Gasteiger partial charge on any atom is -0.360 e. The Kier molecular flexibility index (Phi) is 5.88. The van der Waals surface area contributed by atoms with Gasteiger partial charge >= 0.3 is 0 Å². The first-order valence-electron chi connectivity index (χ1n) is 10.4. The smallest absolute Gasteiger partial charge is 0.239 e. The molecule has 2 aromatic rings. The number of carbonyl (C=O) groups is 1. The van der Waals surface area contributed by atoms with Crippen LogP contribution in [-0.4, -0.2) is 45.1 Å².